The van der Waals surface area contributed by atoms with Gasteiger partial charge in [-0.3, -0.25) is 14.6 Å². The molecule has 0 bridgehead atoms. The number of para-hydroxylation sites is 1. The first-order chi connectivity index (χ1) is 15.7. The number of hydrogen-bond donors (Lipinski definition) is 1. The standard InChI is InChI=1S/C25H30N4O2S/c30-24(26-21-9-7-19(8-10-21)16-28-12-14-31-15-13-28)18-29-11-3-4-20(17-29)25-27-22-5-1-2-6-23(22)32-25/h1-2,5-10,20H,3-4,11-18H2,(H,26,30)/t20-/m1/s1. The van der Waals surface area contributed by atoms with Gasteiger partial charge in [0.05, 0.1) is 35.0 Å². The van der Waals surface area contributed by atoms with Crippen LogP contribution in [0.5, 0.6) is 0 Å². The lowest BCUT2D eigenvalue weighted by Gasteiger charge is -2.31. The van der Waals surface area contributed by atoms with Crippen molar-refractivity contribution in [1.29, 1.82) is 0 Å². The van der Waals surface area contributed by atoms with Crippen molar-refractivity contribution in [3.05, 3.63) is 59.1 Å². The largest absolute Gasteiger partial charge is 0.379 e. The number of thiazole rings is 1. The molecular weight excluding hydrogens is 420 g/mol. The van der Waals surface area contributed by atoms with E-state index in [-0.39, 0.29) is 5.91 Å². The number of aromatic nitrogens is 1. The second-order valence-electron chi connectivity index (χ2n) is 8.73. The van der Waals surface area contributed by atoms with Gasteiger partial charge in [0, 0.05) is 37.8 Å². The molecule has 1 N–H and O–H groups in total. The van der Waals surface area contributed by atoms with Crippen molar-refractivity contribution in [1.82, 2.24) is 14.8 Å². The molecule has 0 aliphatic carbocycles. The van der Waals surface area contributed by atoms with Crippen LogP contribution in [-0.4, -0.2) is 66.6 Å². The number of nitrogens with zero attached hydrogens (tertiary/aromatic N) is 3. The van der Waals surface area contributed by atoms with Crippen molar-refractivity contribution in [3.63, 3.8) is 0 Å². The van der Waals surface area contributed by atoms with Crippen LogP contribution in [0.15, 0.2) is 48.5 Å². The van der Waals surface area contributed by atoms with E-state index in [0.29, 0.717) is 12.5 Å². The van der Waals surface area contributed by atoms with Crippen LogP contribution in [0.25, 0.3) is 10.2 Å². The number of piperidine rings is 1. The van der Waals surface area contributed by atoms with E-state index in [1.807, 2.05) is 18.2 Å². The monoisotopic (exact) mass is 450 g/mol. The van der Waals surface area contributed by atoms with Crippen molar-refractivity contribution >= 4 is 33.1 Å². The van der Waals surface area contributed by atoms with E-state index in [2.05, 4.69) is 45.4 Å². The van der Waals surface area contributed by atoms with Gasteiger partial charge in [-0.1, -0.05) is 24.3 Å². The second kappa shape index (κ2) is 10.1. The molecule has 2 fully saturated rings. The van der Waals surface area contributed by atoms with E-state index in [1.165, 1.54) is 15.3 Å². The molecule has 3 heterocycles. The number of rotatable bonds is 6. The molecule has 2 aliphatic rings. The van der Waals surface area contributed by atoms with E-state index in [9.17, 15) is 4.79 Å². The van der Waals surface area contributed by atoms with Crippen molar-refractivity contribution < 1.29 is 9.53 Å². The maximum Gasteiger partial charge on any atom is 0.238 e. The summed E-state index contributed by atoms with van der Waals surface area (Å²) < 4.78 is 6.66. The number of morpholine rings is 1. The maximum absolute atomic E-state index is 12.7. The number of nitrogens with one attached hydrogen (secondary N) is 1. The Morgan fingerprint density at radius 2 is 1.88 bits per heavy atom. The Morgan fingerprint density at radius 1 is 1.06 bits per heavy atom. The zero-order chi connectivity index (χ0) is 21.8. The Morgan fingerprint density at radius 3 is 2.69 bits per heavy atom. The molecule has 5 rings (SSSR count). The van der Waals surface area contributed by atoms with Crippen molar-refractivity contribution in [2.75, 3.05) is 51.3 Å². The van der Waals surface area contributed by atoms with Crippen LogP contribution in [0.1, 0.15) is 29.3 Å². The number of anilines is 1. The molecule has 1 aromatic heterocycles. The maximum atomic E-state index is 12.7. The fourth-order valence-electron chi connectivity index (χ4n) is 4.58. The summed E-state index contributed by atoms with van der Waals surface area (Å²) in [4.78, 5) is 22.2. The van der Waals surface area contributed by atoms with Crippen molar-refractivity contribution in [3.8, 4) is 0 Å². The number of ether oxygens (including phenoxy) is 1. The third kappa shape index (κ3) is 5.35. The van der Waals surface area contributed by atoms with E-state index in [1.54, 1.807) is 11.3 Å². The van der Waals surface area contributed by atoms with E-state index < -0.39 is 0 Å². The van der Waals surface area contributed by atoms with Crippen LogP contribution in [0.3, 0.4) is 0 Å². The number of carbonyl (C=O) groups excluding carboxylic acids is 1. The topological polar surface area (TPSA) is 57.7 Å². The number of hydrogen-bond acceptors (Lipinski definition) is 6. The molecule has 2 saturated heterocycles. The molecule has 0 unspecified atom stereocenters. The van der Waals surface area contributed by atoms with Crippen LogP contribution in [0.2, 0.25) is 0 Å². The van der Waals surface area contributed by atoms with Gasteiger partial charge in [-0.15, -0.1) is 11.3 Å². The predicted molar refractivity (Wildman–Crippen MR) is 129 cm³/mol. The highest BCUT2D eigenvalue weighted by molar-refractivity contribution is 7.18. The van der Waals surface area contributed by atoms with Gasteiger partial charge in [0.25, 0.3) is 0 Å². The highest BCUT2D eigenvalue weighted by atomic mass is 32.1. The Labute approximate surface area is 193 Å². The van der Waals surface area contributed by atoms with E-state index >= 15 is 0 Å². The van der Waals surface area contributed by atoms with Gasteiger partial charge in [-0.2, -0.15) is 0 Å². The highest BCUT2D eigenvalue weighted by Gasteiger charge is 2.25. The third-order valence-corrected chi connectivity index (χ3v) is 7.48. The smallest absolute Gasteiger partial charge is 0.238 e. The van der Waals surface area contributed by atoms with Crippen LogP contribution < -0.4 is 5.32 Å². The first kappa shape index (κ1) is 21.5. The SMILES string of the molecule is O=C(CN1CCC[C@@H](c2nc3ccccc3s2)C1)Nc1ccc(CN2CCOCC2)cc1. The molecule has 7 heteroatoms. The zero-order valence-electron chi connectivity index (χ0n) is 18.3. The number of benzene rings is 2. The minimum Gasteiger partial charge on any atom is -0.379 e. The van der Waals surface area contributed by atoms with Gasteiger partial charge in [0.15, 0.2) is 0 Å². The average molecular weight is 451 g/mol. The molecule has 168 valence electrons. The molecule has 2 aromatic carbocycles. The lowest BCUT2D eigenvalue weighted by atomic mass is 9.99. The third-order valence-electron chi connectivity index (χ3n) is 6.28. The molecule has 6 nitrogen and oxygen atoms in total. The quantitative estimate of drug-likeness (QED) is 0.616. The zero-order valence-corrected chi connectivity index (χ0v) is 19.2. The van der Waals surface area contributed by atoms with Gasteiger partial charge in [0.2, 0.25) is 5.91 Å². The number of fused-ring (bicyclic) bond motifs is 1. The molecule has 0 spiro atoms. The number of likely N-dealkylation sites (tertiary alicyclic amines) is 1. The number of amides is 1. The first-order valence-corrected chi connectivity index (χ1v) is 12.3. The molecule has 32 heavy (non-hydrogen) atoms. The van der Waals surface area contributed by atoms with Crippen molar-refractivity contribution in [2.24, 2.45) is 0 Å². The summed E-state index contributed by atoms with van der Waals surface area (Å²) in [5, 5.41) is 4.27. The molecule has 0 saturated carbocycles. The van der Waals surface area contributed by atoms with Gasteiger partial charge in [0.1, 0.15) is 0 Å². The molecule has 1 atom stereocenters. The minimum atomic E-state index is 0.0517. The Bertz CT molecular complexity index is 1010. The average Bonchev–Trinajstić information content (AvgIpc) is 3.26. The van der Waals surface area contributed by atoms with Crippen LogP contribution in [0.4, 0.5) is 5.69 Å². The summed E-state index contributed by atoms with van der Waals surface area (Å²) in [6.07, 6.45) is 2.24. The highest BCUT2D eigenvalue weighted by Crippen LogP contribution is 2.32. The Hall–Kier alpha value is -2.32. The summed E-state index contributed by atoms with van der Waals surface area (Å²) in [7, 11) is 0. The summed E-state index contributed by atoms with van der Waals surface area (Å²) in [6.45, 7) is 6.79. The van der Waals surface area contributed by atoms with Crippen molar-refractivity contribution in [2.45, 2.75) is 25.3 Å². The fourth-order valence-corrected chi connectivity index (χ4v) is 5.67. The van der Waals surface area contributed by atoms with E-state index in [4.69, 9.17) is 9.72 Å². The van der Waals surface area contributed by atoms with Crippen LogP contribution in [0, 0.1) is 0 Å². The normalized spacial score (nSPS) is 20.4. The summed E-state index contributed by atoms with van der Waals surface area (Å²) >= 11 is 1.79. The van der Waals surface area contributed by atoms with Crippen LogP contribution in [-0.2, 0) is 16.1 Å². The lowest BCUT2D eigenvalue weighted by molar-refractivity contribution is -0.117. The summed E-state index contributed by atoms with van der Waals surface area (Å²) in [5.41, 5.74) is 3.21. The molecular formula is C25H30N4O2S. The number of carbonyl (C=O) groups is 1. The molecule has 0 radical (unpaired) electrons. The molecule has 1 amide bonds. The minimum absolute atomic E-state index is 0.0517. The van der Waals surface area contributed by atoms with Gasteiger partial charge in [-0.05, 0) is 49.2 Å². The first-order valence-electron chi connectivity index (χ1n) is 11.5. The lowest BCUT2D eigenvalue weighted by Crippen LogP contribution is -2.39. The van der Waals surface area contributed by atoms with Gasteiger partial charge in [-0.25, -0.2) is 4.98 Å². The van der Waals surface area contributed by atoms with E-state index in [0.717, 1.165) is 70.0 Å². The second-order valence-corrected chi connectivity index (χ2v) is 9.79. The Balaban J connectivity index is 1.13. The summed E-state index contributed by atoms with van der Waals surface area (Å²) in [5.74, 6) is 0.462. The van der Waals surface area contributed by atoms with Gasteiger partial charge < -0.3 is 10.1 Å². The molecule has 2 aliphatic heterocycles. The predicted octanol–water partition coefficient (Wildman–Crippen LogP) is 3.95. The molecule has 3 aromatic rings. The summed E-state index contributed by atoms with van der Waals surface area (Å²) in [6, 6.07) is 16.5. The van der Waals surface area contributed by atoms with Crippen LogP contribution >= 0.6 is 11.3 Å². The van der Waals surface area contributed by atoms with Gasteiger partial charge >= 0.3 is 0 Å². The Kier molecular flexibility index (Phi) is 6.78. The fraction of sp³-hybridized carbons (Fsp3) is 0.440.